The second-order valence-corrected chi connectivity index (χ2v) is 5.88. The van der Waals surface area contributed by atoms with Gasteiger partial charge in [-0.1, -0.05) is 27.5 Å². The molecule has 2 aromatic rings. The van der Waals surface area contributed by atoms with E-state index in [1.165, 1.54) is 6.07 Å². The monoisotopic (exact) mass is 399 g/mol. The average molecular weight is 401 g/mol. The van der Waals surface area contributed by atoms with E-state index in [1.807, 2.05) is 6.07 Å². The summed E-state index contributed by atoms with van der Waals surface area (Å²) in [5, 5.41) is 12.5. The van der Waals surface area contributed by atoms with Gasteiger partial charge in [0.2, 0.25) is 0 Å². The van der Waals surface area contributed by atoms with E-state index in [-0.39, 0.29) is 10.6 Å². The number of hydrogen-bond donors (Lipinski definition) is 2. The predicted octanol–water partition coefficient (Wildman–Crippen LogP) is 4.43. The Morgan fingerprint density at radius 2 is 2.00 bits per heavy atom. The normalized spacial score (nSPS) is 10.3. The molecule has 2 aromatic carbocycles. The fourth-order valence-electron chi connectivity index (χ4n) is 2.12. The average Bonchev–Trinajstić information content (AvgIpc) is 2.54. The van der Waals surface area contributed by atoms with Crippen molar-refractivity contribution in [1.82, 2.24) is 0 Å². The van der Waals surface area contributed by atoms with E-state index in [4.69, 9.17) is 26.2 Å². The van der Waals surface area contributed by atoms with E-state index in [0.717, 1.165) is 10.0 Å². The number of ether oxygens (including phenoxy) is 2. The van der Waals surface area contributed by atoms with Gasteiger partial charge in [-0.05, 0) is 30.3 Å². The molecule has 23 heavy (non-hydrogen) atoms. The Labute approximate surface area is 147 Å². The maximum atomic E-state index is 11.1. The predicted molar refractivity (Wildman–Crippen MR) is 93.0 cm³/mol. The van der Waals surface area contributed by atoms with E-state index in [0.29, 0.717) is 23.7 Å². The lowest BCUT2D eigenvalue weighted by Gasteiger charge is -2.16. The fourth-order valence-corrected chi connectivity index (χ4v) is 2.77. The van der Waals surface area contributed by atoms with E-state index < -0.39 is 5.97 Å². The molecule has 0 unspecified atom stereocenters. The van der Waals surface area contributed by atoms with Crippen molar-refractivity contribution >= 4 is 39.2 Å². The highest BCUT2D eigenvalue weighted by Crippen LogP contribution is 2.36. The number of aromatic carboxylic acids is 1. The van der Waals surface area contributed by atoms with Crippen molar-refractivity contribution in [3.05, 3.63) is 51.0 Å². The van der Waals surface area contributed by atoms with E-state index in [2.05, 4.69) is 21.2 Å². The summed E-state index contributed by atoms with van der Waals surface area (Å²) in [6, 6.07) is 8.42. The first kappa shape index (κ1) is 17.4. The molecule has 2 N–H and O–H groups in total. The van der Waals surface area contributed by atoms with Crippen LogP contribution in [0.4, 0.5) is 5.69 Å². The molecule has 0 heterocycles. The second kappa shape index (κ2) is 7.57. The van der Waals surface area contributed by atoms with Crippen molar-refractivity contribution in [2.24, 2.45) is 0 Å². The van der Waals surface area contributed by atoms with Crippen LogP contribution in [-0.2, 0) is 6.54 Å². The Morgan fingerprint density at radius 1 is 1.26 bits per heavy atom. The summed E-state index contributed by atoms with van der Waals surface area (Å²) in [6.45, 7) is 0.418. The first-order chi connectivity index (χ1) is 11.0. The van der Waals surface area contributed by atoms with E-state index in [1.54, 1.807) is 32.4 Å². The Morgan fingerprint density at radius 3 is 2.61 bits per heavy atom. The van der Waals surface area contributed by atoms with Crippen LogP contribution in [0.1, 0.15) is 15.9 Å². The molecule has 0 saturated heterocycles. The summed E-state index contributed by atoms with van der Waals surface area (Å²) >= 11 is 9.35. The number of anilines is 1. The summed E-state index contributed by atoms with van der Waals surface area (Å²) in [7, 11) is 3.14. The highest BCUT2D eigenvalue weighted by molar-refractivity contribution is 9.10. The van der Waals surface area contributed by atoms with Gasteiger partial charge in [-0.15, -0.1) is 0 Å². The zero-order chi connectivity index (χ0) is 17.0. The Balaban J connectivity index is 2.28. The van der Waals surface area contributed by atoms with Gasteiger partial charge < -0.3 is 19.9 Å². The minimum atomic E-state index is -1.07. The first-order valence-electron chi connectivity index (χ1n) is 6.64. The lowest BCUT2D eigenvalue weighted by molar-refractivity contribution is 0.0697. The van der Waals surface area contributed by atoms with Crippen LogP contribution in [0.3, 0.4) is 0 Å². The zero-order valence-corrected chi connectivity index (χ0v) is 14.9. The van der Waals surface area contributed by atoms with Crippen molar-refractivity contribution < 1.29 is 19.4 Å². The quantitative estimate of drug-likeness (QED) is 0.751. The molecule has 0 bridgehead atoms. The summed E-state index contributed by atoms with van der Waals surface area (Å²) in [5.74, 6) is 0.162. The van der Waals surface area contributed by atoms with Gasteiger partial charge in [-0.3, -0.25) is 0 Å². The summed E-state index contributed by atoms with van der Waals surface area (Å²) in [4.78, 5) is 11.1. The fraction of sp³-hybridized carbons (Fsp3) is 0.188. The number of nitrogens with one attached hydrogen (secondary N) is 1. The van der Waals surface area contributed by atoms with E-state index >= 15 is 0 Å². The molecule has 7 heteroatoms. The maximum absolute atomic E-state index is 11.1. The number of benzene rings is 2. The first-order valence-corrected chi connectivity index (χ1v) is 7.81. The van der Waals surface area contributed by atoms with Crippen molar-refractivity contribution in [1.29, 1.82) is 0 Å². The van der Waals surface area contributed by atoms with Gasteiger partial charge in [0.1, 0.15) is 0 Å². The standard InChI is InChI=1S/C16H15BrClNO4/c1-22-14-6-4-12(17)11(15(14)23-2)8-19-9-3-5-13(18)10(7-9)16(20)21/h3-7,19H,8H2,1-2H3,(H,20,21). The highest BCUT2D eigenvalue weighted by atomic mass is 79.9. The van der Waals surface area contributed by atoms with Crippen LogP contribution in [0.2, 0.25) is 5.02 Å². The van der Waals surface area contributed by atoms with Crippen molar-refractivity contribution in [2.75, 3.05) is 19.5 Å². The molecule has 0 radical (unpaired) electrons. The summed E-state index contributed by atoms with van der Waals surface area (Å²) in [6.07, 6.45) is 0. The van der Waals surface area contributed by atoms with Gasteiger partial charge in [0.05, 0.1) is 24.8 Å². The largest absolute Gasteiger partial charge is 0.493 e. The van der Waals surface area contributed by atoms with Gasteiger partial charge in [-0.25, -0.2) is 4.79 Å². The molecule has 0 aliphatic carbocycles. The van der Waals surface area contributed by atoms with Crippen LogP contribution in [-0.4, -0.2) is 25.3 Å². The SMILES string of the molecule is COc1ccc(Br)c(CNc2ccc(Cl)c(C(=O)O)c2)c1OC. The smallest absolute Gasteiger partial charge is 0.337 e. The van der Waals surface area contributed by atoms with Crippen LogP contribution >= 0.6 is 27.5 Å². The Bertz CT molecular complexity index is 736. The maximum Gasteiger partial charge on any atom is 0.337 e. The number of hydrogen-bond acceptors (Lipinski definition) is 4. The van der Waals surface area contributed by atoms with Gasteiger partial charge in [0, 0.05) is 22.3 Å². The lowest BCUT2D eigenvalue weighted by Crippen LogP contribution is -2.05. The molecule has 2 rings (SSSR count). The number of rotatable bonds is 6. The van der Waals surface area contributed by atoms with Crippen LogP contribution in [0.25, 0.3) is 0 Å². The number of carboxylic acid groups (broad SMARTS) is 1. The van der Waals surface area contributed by atoms with Gasteiger partial charge in [0.25, 0.3) is 0 Å². The van der Waals surface area contributed by atoms with Gasteiger partial charge >= 0.3 is 5.97 Å². The van der Waals surface area contributed by atoms with E-state index in [9.17, 15) is 4.79 Å². The van der Waals surface area contributed by atoms with Crippen LogP contribution in [0, 0.1) is 0 Å². The molecule has 0 aromatic heterocycles. The molecule has 0 aliphatic rings. The molecule has 0 atom stereocenters. The minimum Gasteiger partial charge on any atom is -0.493 e. The number of carbonyl (C=O) groups is 1. The zero-order valence-electron chi connectivity index (χ0n) is 12.5. The molecule has 0 saturated carbocycles. The third-order valence-electron chi connectivity index (χ3n) is 3.26. The third kappa shape index (κ3) is 3.89. The molecule has 5 nitrogen and oxygen atoms in total. The molecule has 0 aliphatic heterocycles. The molecule has 0 fully saturated rings. The number of halogens is 2. The summed E-state index contributed by atoms with van der Waals surface area (Å²) in [5.41, 5.74) is 1.55. The van der Waals surface area contributed by atoms with Crippen molar-refractivity contribution in [3.8, 4) is 11.5 Å². The van der Waals surface area contributed by atoms with Crippen LogP contribution < -0.4 is 14.8 Å². The third-order valence-corrected chi connectivity index (χ3v) is 4.33. The molecule has 0 spiro atoms. The van der Waals surface area contributed by atoms with Crippen LogP contribution in [0.5, 0.6) is 11.5 Å². The summed E-state index contributed by atoms with van der Waals surface area (Å²) < 4.78 is 11.5. The Kier molecular flexibility index (Phi) is 5.74. The van der Waals surface area contributed by atoms with Crippen molar-refractivity contribution in [2.45, 2.75) is 6.54 Å². The highest BCUT2D eigenvalue weighted by Gasteiger charge is 2.14. The number of carboxylic acids is 1. The van der Waals surface area contributed by atoms with Crippen LogP contribution in [0.15, 0.2) is 34.8 Å². The lowest BCUT2D eigenvalue weighted by atomic mass is 10.1. The molecular formula is C16H15BrClNO4. The second-order valence-electron chi connectivity index (χ2n) is 4.61. The van der Waals surface area contributed by atoms with Crippen molar-refractivity contribution in [3.63, 3.8) is 0 Å². The minimum absolute atomic E-state index is 0.0494. The molecule has 0 amide bonds. The number of methoxy groups -OCH3 is 2. The van der Waals surface area contributed by atoms with Gasteiger partial charge in [-0.2, -0.15) is 0 Å². The molecular weight excluding hydrogens is 386 g/mol. The topological polar surface area (TPSA) is 67.8 Å². The Hall–Kier alpha value is -1.92. The van der Waals surface area contributed by atoms with Gasteiger partial charge in [0.15, 0.2) is 11.5 Å². The molecule has 122 valence electrons.